The summed E-state index contributed by atoms with van der Waals surface area (Å²) in [5.74, 6) is 0.0267. The van der Waals surface area contributed by atoms with Crippen LogP contribution in [0.15, 0.2) is 48.5 Å². The van der Waals surface area contributed by atoms with Crippen LogP contribution in [-0.2, 0) is 15.0 Å². The first kappa shape index (κ1) is 24.5. The van der Waals surface area contributed by atoms with Gasteiger partial charge in [-0.3, -0.25) is 14.4 Å². The van der Waals surface area contributed by atoms with Gasteiger partial charge in [-0.15, -0.1) is 0 Å². The lowest BCUT2D eigenvalue weighted by Gasteiger charge is -2.20. The molecule has 0 radical (unpaired) electrons. The monoisotopic (exact) mass is 441 g/mol. The minimum Gasteiger partial charge on any atom is -0.340 e. The highest BCUT2D eigenvalue weighted by molar-refractivity contribution is 7.98. The zero-order valence-electron chi connectivity index (χ0n) is 18.7. The molecule has 3 N–H and O–H groups in total. The second kappa shape index (κ2) is 11.0. The summed E-state index contributed by atoms with van der Waals surface area (Å²) < 4.78 is 0. The summed E-state index contributed by atoms with van der Waals surface area (Å²) in [6.07, 6.45) is 2.48. The number of nitrogens with one attached hydrogen (secondary N) is 3. The Morgan fingerprint density at radius 1 is 0.903 bits per heavy atom. The Balaban J connectivity index is 2.07. The van der Waals surface area contributed by atoms with E-state index in [1.807, 2.05) is 18.4 Å². The molecule has 0 bridgehead atoms. The topological polar surface area (TPSA) is 87.3 Å². The van der Waals surface area contributed by atoms with Gasteiger partial charge in [-0.1, -0.05) is 32.9 Å². The molecule has 2 aromatic rings. The Bertz CT molecular complexity index is 903. The molecule has 0 aliphatic rings. The minimum absolute atomic E-state index is 0.00522. The van der Waals surface area contributed by atoms with Crippen molar-refractivity contribution in [2.24, 2.45) is 0 Å². The number of thioether (sulfide) groups is 1. The number of carbonyl (C=O) groups excluding carboxylic acids is 3. The molecule has 0 unspecified atom stereocenters. The number of amides is 3. The van der Waals surface area contributed by atoms with Crippen molar-refractivity contribution in [2.75, 3.05) is 22.6 Å². The molecule has 2 rings (SSSR count). The van der Waals surface area contributed by atoms with Gasteiger partial charge < -0.3 is 16.0 Å². The highest BCUT2D eigenvalue weighted by atomic mass is 32.2. The lowest BCUT2D eigenvalue weighted by Crippen LogP contribution is -2.44. The van der Waals surface area contributed by atoms with Gasteiger partial charge >= 0.3 is 0 Å². The molecular formula is C24H31N3O3S. The number of rotatable bonds is 8. The number of benzene rings is 2. The fraction of sp³-hybridized carbons (Fsp3) is 0.375. The van der Waals surface area contributed by atoms with Gasteiger partial charge in [-0.25, -0.2) is 0 Å². The smallest absolute Gasteiger partial charge is 0.251 e. The summed E-state index contributed by atoms with van der Waals surface area (Å²) in [5, 5.41) is 8.39. The minimum atomic E-state index is -0.655. The van der Waals surface area contributed by atoms with Crippen LogP contribution in [0.3, 0.4) is 0 Å². The summed E-state index contributed by atoms with van der Waals surface area (Å²) in [6.45, 7) is 7.79. The van der Waals surface area contributed by atoms with Crippen molar-refractivity contribution in [2.45, 2.75) is 45.6 Å². The SMILES string of the molecule is CSCC[C@@H](NC(=O)c1ccc(C(C)(C)C)cc1)C(=O)Nc1ccc(NC(C)=O)cc1. The molecule has 0 aliphatic heterocycles. The molecule has 0 aliphatic carbocycles. The van der Waals surface area contributed by atoms with Crippen molar-refractivity contribution in [1.29, 1.82) is 0 Å². The molecule has 0 aromatic heterocycles. The van der Waals surface area contributed by atoms with Crippen molar-refractivity contribution in [3.63, 3.8) is 0 Å². The lowest BCUT2D eigenvalue weighted by molar-refractivity contribution is -0.118. The summed E-state index contributed by atoms with van der Waals surface area (Å²) in [5.41, 5.74) is 2.91. The maximum atomic E-state index is 12.8. The summed E-state index contributed by atoms with van der Waals surface area (Å²) in [7, 11) is 0. The predicted molar refractivity (Wildman–Crippen MR) is 129 cm³/mol. The van der Waals surface area contributed by atoms with Crippen molar-refractivity contribution in [3.8, 4) is 0 Å². The van der Waals surface area contributed by atoms with Crippen LogP contribution in [0.1, 0.15) is 50.0 Å². The number of anilines is 2. The van der Waals surface area contributed by atoms with E-state index in [1.165, 1.54) is 6.92 Å². The van der Waals surface area contributed by atoms with Crippen LogP contribution in [0.2, 0.25) is 0 Å². The first-order valence-electron chi connectivity index (χ1n) is 10.2. The Kier molecular flexibility index (Phi) is 8.68. The van der Waals surface area contributed by atoms with Gasteiger partial charge in [-0.05, 0) is 65.8 Å². The van der Waals surface area contributed by atoms with Gasteiger partial charge in [0, 0.05) is 23.9 Å². The van der Waals surface area contributed by atoms with E-state index in [4.69, 9.17) is 0 Å². The average Bonchev–Trinajstić information content (AvgIpc) is 2.71. The first-order valence-corrected chi connectivity index (χ1v) is 11.6. The van der Waals surface area contributed by atoms with E-state index in [9.17, 15) is 14.4 Å². The third kappa shape index (κ3) is 7.75. The van der Waals surface area contributed by atoms with Crippen molar-refractivity contribution in [1.82, 2.24) is 5.32 Å². The van der Waals surface area contributed by atoms with Crippen LogP contribution >= 0.6 is 11.8 Å². The maximum absolute atomic E-state index is 12.8. The van der Waals surface area contributed by atoms with Gasteiger partial charge in [0.25, 0.3) is 5.91 Å². The summed E-state index contributed by atoms with van der Waals surface area (Å²) in [4.78, 5) is 36.7. The number of hydrogen-bond acceptors (Lipinski definition) is 4. The highest BCUT2D eigenvalue weighted by Crippen LogP contribution is 2.22. The van der Waals surface area contributed by atoms with Gasteiger partial charge in [0.2, 0.25) is 11.8 Å². The van der Waals surface area contributed by atoms with Gasteiger partial charge in [0.1, 0.15) is 6.04 Å². The highest BCUT2D eigenvalue weighted by Gasteiger charge is 2.22. The van der Waals surface area contributed by atoms with Crippen molar-refractivity contribution >= 4 is 40.9 Å². The third-order valence-electron chi connectivity index (χ3n) is 4.72. The van der Waals surface area contributed by atoms with Crippen molar-refractivity contribution < 1.29 is 14.4 Å². The molecule has 2 aromatic carbocycles. The standard InChI is InChI=1S/C24H31N3O3S/c1-16(28)25-19-10-12-20(13-11-19)26-23(30)21(14-15-31-5)27-22(29)17-6-8-18(9-7-17)24(2,3)4/h6-13,21H,14-15H2,1-5H3,(H,25,28)(H,26,30)(H,27,29)/t21-/m1/s1. The van der Waals surface area contributed by atoms with Crippen LogP contribution in [0.4, 0.5) is 11.4 Å². The van der Waals surface area contributed by atoms with Crippen LogP contribution in [0.5, 0.6) is 0 Å². The normalized spacial score (nSPS) is 12.0. The molecule has 3 amide bonds. The van der Waals surface area contributed by atoms with Crippen molar-refractivity contribution in [3.05, 3.63) is 59.7 Å². The van der Waals surface area contributed by atoms with E-state index < -0.39 is 6.04 Å². The number of carbonyl (C=O) groups is 3. The zero-order valence-corrected chi connectivity index (χ0v) is 19.6. The molecule has 0 saturated heterocycles. The second-order valence-corrected chi connectivity index (χ2v) is 9.37. The van der Waals surface area contributed by atoms with E-state index in [1.54, 1.807) is 48.2 Å². The van der Waals surface area contributed by atoms with Crippen LogP contribution < -0.4 is 16.0 Å². The Morgan fingerprint density at radius 2 is 1.45 bits per heavy atom. The number of hydrogen-bond donors (Lipinski definition) is 3. The van der Waals surface area contributed by atoms with Gasteiger partial charge in [0.05, 0.1) is 0 Å². The first-order chi connectivity index (χ1) is 14.6. The predicted octanol–water partition coefficient (Wildman–Crippen LogP) is 4.43. The van der Waals surface area contributed by atoms with E-state index in [-0.39, 0.29) is 23.1 Å². The van der Waals surface area contributed by atoms with Gasteiger partial charge in [0.15, 0.2) is 0 Å². The third-order valence-corrected chi connectivity index (χ3v) is 5.36. The molecule has 0 spiro atoms. The molecule has 1 atom stereocenters. The quantitative estimate of drug-likeness (QED) is 0.565. The fourth-order valence-electron chi connectivity index (χ4n) is 2.94. The van der Waals surface area contributed by atoms with E-state index >= 15 is 0 Å². The Morgan fingerprint density at radius 3 is 1.94 bits per heavy atom. The molecule has 31 heavy (non-hydrogen) atoms. The zero-order chi connectivity index (χ0) is 23.0. The summed E-state index contributed by atoms with van der Waals surface area (Å²) in [6, 6.07) is 13.7. The van der Waals surface area contributed by atoms with Crippen LogP contribution in [0, 0.1) is 0 Å². The van der Waals surface area contributed by atoms with E-state index in [0.717, 1.165) is 11.3 Å². The summed E-state index contributed by atoms with van der Waals surface area (Å²) >= 11 is 1.62. The fourth-order valence-corrected chi connectivity index (χ4v) is 3.41. The molecule has 7 heteroatoms. The van der Waals surface area contributed by atoms with Crippen LogP contribution in [0.25, 0.3) is 0 Å². The van der Waals surface area contributed by atoms with E-state index in [2.05, 4.69) is 36.7 Å². The molecule has 0 saturated carbocycles. The maximum Gasteiger partial charge on any atom is 0.251 e. The van der Waals surface area contributed by atoms with E-state index in [0.29, 0.717) is 23.4 Å². The second-order valence-electron chi connectivity index (χ2n) is 8.38. The lowest BCUT2D eigenvalue weighted by atomic mass is 9.86. The molecular weight excluding hydrogens is 410 g/mol. The largest absolute Gasteiger partial charge is 0.340 e. The molecule has 0 fully saturated rings. The average molecular weight is 442 g/mol. The molecule has 6 nitrogen and oxygen atoms in total. The molecule has 166 valence electrons. The molecule has 0 heterocycles. The Hall–Kier alpha value is -2.80. The van der Waals surface area contributed by atoms with Crippen LogP contribution in [-0.4, -0.2) is 35.8 Å². The Labute approximate surface area is 188 Å². The van der Waals surface area contributed by atoms with Gasteiger partial charge in [-0.2, -0.15) is 11.8 Å².